The van der Waals surface area contributed by atoms with Gasteiger partial charge in [-0.1, -0.05) is 36.4 Å². The number of hydrogen-bond donors (Lipinski definition) is 0. The standard InChI is InChI=1S/C47H48N2O20/c1-21(50)59-19-34-39(68-47-43(65-27(7)56)41(63-25(5)54)38(61-23(3)52)35(67-47)20-60-22(2)51)40(62-24(4)53)42(64-26(6)55)44(66-34)49-18-31(29-14-10-12-16-33(29)49)37-36(45(57)69-46(37)58)30-17-48(8)32-15-11-9-13-28(30)32/h9-18,34-35,38-44,47H,19-20H2,1-8H3. The van der Waals surface area contributed by atoms with Gasteiger partial charge in [0.25, 0.3) is 0 Å². The molecule has 2 fully saturated rings. The molecule has 10 unspecified atom stereocenters. The van der Waals surface area contributed by atoms with Gasteiger partial charge in [-0.25, -0.2) is 9.59 Å². The Kier molecular flexibility index (Phi) is 14.6. The highest BCUT2D eigenvalue weighted by atomic mass is 16.8. The van der Waals surface area contributed by atoms with Gasteiger partial charge in [0, 0.05) is 95.3 Å². The zero-order valence-electron chi connectivity index (χ0n) is 38.5. The van der Waals surface area contributed by atoms with Crippen molar-refractivity contribution >= 4 is 86.7 Å². The third-order valence-corrected chi connectivity index (χ3v) is 11.2. The second-order valence-corrected chi connectivity index (χ2v) is 16.2. The molecule has 0 amide bonds. The Labute approximate surface area is 392 Å². The van der Waals surface area contributed by atoms with Crippen molar-refractivity contribution in [1.82, 2.24) is 9.13 Å². The van der Waals surface area contributed by atoms with Crippen molar-refractivity contribution in [2.75, 3.05) is 13.2 Å². The fourth-order valence-corrected chi connectivity index (χ4v) is 8.75. The Morgan fingerprint density at radius 1 is 0.507 bits per heavy atom. The van der Waals surface area contributed by atoms with E-state index in [9.17, 15) is 43.2 Å². The van der Waals surface area contributed by atoms with Crippen LogP contribution in [0.1, 0.15) is 65.8 Å². The molecule has 0 saturated carbocycles. The van der Waals surface area contributed by atoms with Crippen molar-refractivity contribution in [3.63, 3.8) is 0 Å². The zero-order valence-corrected chi connectivity index (χ0v) is 38.5. The van der Waals surface area contributed by atoms with Crippen molar-refractivity contribution in [3.05, 3.63) is 72.1 Å². The molecule has 0 spiro atoms. The minimum Gasteiger partial charge on any atom is -0.463 e. The predicted octanol–water partition coefficient (Wildman–Crippen LogP) is 2.92. The summed E-state index contributed by atoms with van der Waals surface area (Å²) in [4.78, 5) is 116. The Morgan fingerprint density at radius 2 is 0.942 bits per heavy atom. The summed E-state index contributed by atoms with van der Waals surface area (Å²) in [5.41, 5.74) is 1.61. The van der Waals surface area contributed by atoms with Gasteiger partial charge < -0.3 is 61.2 Å². The van der Waals surface area contributed by atoms with Crippen molar-refractivity contribution < 1.29 is 95.3 Å². The van der Waals surface area contributed by atoms with Crippen LogP contribution in [0.5, 0.6) is 0 Å². The quantitative estimate of drug-likeness (QED) is 0.0999. The van der Waals surface area contributed by atoms with E-state index in [1.807, 2.05) is 12.1 Å². The van der Waals surface area contributed by atoms with Gasteiger partial charge in [0.15, 0.2) is 43.0 Å². The van der Waals surface area contributed by atoms with E-state index >= 15 is 0 Å². The summed E-state index contributed by atoms with van der Waals surface area (Å²) in [6.45, 7) is 6.14. The smallest absolute Gasteiger partial charge is 0.347 e. The highest BCUT2D eigenvalue weighted by Crippen LogP contribution is 2.44. The first kappa shape index (κ1) is 49.5. The lowest BCUT2D eigenvalue weighted by atomic mass is 9.95. The molecule has 69 heavy (non-hydrogen) atoms. The number of ether oxygens (including phenoxy) is 11. The third kappa shape index (κ3) is 10.5. The van der Waals surface area contributed by atoms with E-state index in [1.165, 1.54) is 10.8 Å². The van der Waals surface area contributed by atoms with Crippen molar-refractivity contribution in [2.45, 2.75) is 110 Å². The molecule has 0 radical (unpaired) electrons. The Bertz CT molecular complexity index is 2770. The number of carbonyl (C=O) groups excluding carboxylic acids is 9. The van der Waals surface area contributed by atoms with Crippen molar-refractivity contribution in [2.24, 2.45) is 7.05 Å². The molecule has 7 rings (SSSR count). The Balaban J connectivity index is 1.39. The first-order valence-corrected chi connectivity index (χ1v) is 21.5. The molecule has 4 aromatic rings. The normalized spacial score (nSPS) is 25.7. The molecule has 2 aromatic carbocycles. The molecule has 22 nitrogen and oxygen atoms in total. The third-order valence-electron chi connectivity index (χ3n) is 11.2. The van der Waals surface area contributed by atoms with Crippen LogP contribution >= 0.6 is 0 Å². The van der Waals surface area contributed by atoms with Gasteiger partial charge >= 0.3 is 53.7 Å². The second kappa shape index (κ2) is 20.4. The highest BCUT2D eigenvalue weighted by Gasteiger charge is 2.58. The van der Waals surface area contributed by atoms with Crippen LogP contribution in [-0.4, -0.2) is 131 Å². The summed E-state index contributed by atoms with van der Waals surface area (Å²) >= 11 is 0. The number of esters is 9. The van der Waals surface area contributed by atoms with E-state index in [0.29, 0.717) is 21.9 Å². The predicted molar refractivity (Wildman–Crippen MR) is 231 cm³/mol. The van der Waals surface area contributed by atoms with E-state index in [1.54, 1.807) is 54.2 Å². The van der Waals surface area contributed by atoms with Crippen molar-refractivity contribution in [1.29, 1.82) is 0 Å². The molecule has 22 heteroatoms. The fraction of sp³-hybridized carbons (Fsp3) is 0.426. The van der Waals surface area contributed by atoms with Crippen LogP contribution in [0.2, 0.25) is 0 Å². The summed E-state index contributed by atoms with van der Waals surface area (Å²) in [7, 11) is 1.79. The highest BCUT2D eigenvalue weighted by molar-refractivity contribution is 6.46. The number of fused-ring (bicyclic) bond motifs is 2. The van der Waals surface area contributed by atoms with E-state index in [4.69, 9.17) is 52.1 Å². The molecule has 366 valence electrons. The molecule has 2 saturated heterocycles. The number of aryl methyl sites for hydroxylation is 1. The lowest BCUT2D eigenvalue weighted by molar-refractivity contribution is -0.349. The summed E-state index contributed by atoms with van der Waals surface area (Å²) < 4.78 is 67.1. The zero-order chi connectivity index (χ0) is 50.0. The Hall–Kier alpha value is -7.43. The van der Waals surface area contributed by atoms with Gasteiger partial charge in [-0.15, -0.1) is 0 Å². The number of rotatable bonds is 14. The molecule has 0 N–H and O–H groups in total. The summed E-state index contributed by atoms with van der Waals surface area (Å²) in [5, 5.41) is 1.06. The van der Waals surface area contributed by atoms with Gasteiger partial charge in [-0.2, -0.15) is 0 Å². The van der Waals surface area contributed by atoms with Crippen LogP contribution in [0.25, 0.3) is 33.0 Å². The number of benzene rings is 2. The maximum absolute atomic E-state index is 13.8. The number of aromatic nitrogens is 2. The summed E-state index contributed by atoms with van der Waals surface area (Å²) in [6.07, 6.45) is -13.4. The largest absolute Gasteiger partial charge is 0.463 e. The number of para-hydroxylation sites is 2. The second-order valence-electron chi connectivity index (χ2n) is 16.2. The van der Waals surface area contributed by atoms with Gasteiger partial charge in [0.2, 0.25) is 0 Å². The lowest BCUT2D eigenvalue weighted by Gasteiger charge is -2.49. The lowest BCUT2D eigenvalue weighted by Crippen LogP contribution is -2.66. The molecule has 0 bridgehead atoms. The van der Waals surface area contributed by atoms with Gasteiger partial charge in [0.1, 0.15) is 31.5 Å². The SMILES string of the molecule is CC(=O)OCC1OC(OC2C(COC(C)=O)OC(n3cc(C4=C(c5cn(C)c6ccccc56)C(=O)OC4=O)c4ccccc43)C(OC(C)=O)C2OC(C)=O)C(OC(C)=O)C(OC(C)=O)C1OC(C)=O. The van der Waals surface area contributed by atoms with E-state index in [-0.39, 0.29) is 16.7 Å². The average Bonchev–Trinajstić information content (AvgIpc) is 3.90. The van der Waals surface area contributed by atoms with Gasteiger partial charge in [-0.3, -0.25) is 33.6 Å². The van der Waals surface area contributed by atoms with Crippen LogP contribution in [0, 0.1) is 0 Å². The van der Waals surface area contributed by atoms with Crippen LogP contribution in [0.15, 0.2) is 60.9 Å². The maximum Gasteiger partial charge on any atom is 0.347 e. The first-order valence-electron chi connectivity index (χ1n) is 21.5. The number of nitrogens with zero attached hydrogens (tertiary/aromatic N) is 2. The van der Waals surface area contributed by atoms with E-state index in [0.717, 1.165) is 54.0 Å². The van der Waals surface area contributed by atoms with Gasteiger partial charge in [-0.05, 0) is 12.1 Å². The monoisotopic (exact) mass is 960 g/mol. The summed E-state index contributed by atoms with van der Waals surface area (Å²) in [6, 6.07) is 13.9. The average molecular weight is 961 g/mol. The molecule has 2 aromatic heterocycles. The first-order chi connectivity index (χ1) is 32.7. The van der Waals surface area contributed by atoms with Crippen molar-refractivity contribution in [3.8, 4) is 0 Å². The van der Waals surface area contributed by atoms with Crippen LogP contribution < -0.4 is 0 Å². The molecule has 0 aliphatic carbocycles. The number of carbonyl (C=O) groups is 9. The van der Waals surface area contributed by atoms with Crippen LogP contribution in [-0.2, 0) is 102 Å². The minimum absolute atomic E-state index is 0.0235. The molecule has 3 aliphatic heterocycles. The summed E-state index contributed by atoms with van der Waals surface area (Å²) in [5.74, 6) is -8.04. The number of hydrogen-bond acceptors (Lipinski definition) is 20. The minimum atomic E-state index is -1.89. The van der Waals surface area contributed by atoms with Crippen LogP contribution in [0.4, 0.5) is 0 Å². The van der Waals surface area contributed by atoms with Crippen LogP contribution in [0.3, 0.4) is 0 Å². The molecule has 3 aliphatic rings. The Morgan fingerprint density at radius 3 is 1.48 bits per heavy atom. The fourth-order valence-electron chi connectivity index (χ4n) is 8.75. The number of cyclic esters (lactones) is 2. The molecule has 5 heterocycles. The van der Waals surface area contributed by atoms with E-state index in [2.05, 4.69) is 0 Å². The molecular formula is C47H48N2O20. The maximum atomic E-state index is 13.8. The van der Waals surface area contributed by atoms with Gasteiger partial charge in [0.05, 0.1) is 16.7 Å². The molecule has 10 atom stereocenters. The topological polar surface area (TPSA) is 265 Å². The van der Waals surface area contributed by atoms with E-state index < -0.39 is 128 Å². The molecular weight excluding hydrogens is 913 g/mol.